The summed E-state index contributed by atoms with van der Waals surface area (Å²) in [6.07, 6.45) is 1.29. The van der Waals surface area contributed by atoms with E-state index in [0.717, 1.165) is 9.54 Å². The minimum atomic E-state index is -0.775. The lowest BCUT2D eigenvalue weighted by Gasteiger charge is -2.26. The number of furan rings is 1. The summed E-state index contributed by atoms with van der Waals surface area (Å²) in [6.45, 7) is 0.0940. The molecule has 1 fully saturated rings. The third-order valence-electron chi connectivity index (χ3n) is 3.57. The van der Waals surface area contributed by atoms with Gasteiger partial charge in [0.25, 0.3) is 5.91 Å². The molecule has 2 atom stereocenters. The van der Waals surface area contributed by atoms with Gasteiger partial charge in [-0.3, -0.25) is 4.79 Å². The molecule has 1 aromatic heterocycles. The summed E-state index contributed by atoms with van der Waals surface area (Å²) < 4.78 is 5.95. The molecule has 3 rings (SSSR count). The van der Waals surface area contributed by atoms with Gasteiger partial charge in [-0.15, -0.1) is 0 Å². The number of hydrogen-bond acceptors (Lipinski definition) is 5. The smallest absolute Gasteiger partial charge is 0.291 e. The van der Waals surface area contributed by atoms with Gasteiger partial charge in [0.15, 0.2) is 5.76 Å². The van der Waals surface area contributed by atoms with Crippen LogP contribution in [0.5, 0.6) is 0 Å². The van der Waals surface area contributed by atoms with Crippen molar-refractivity contribution in [1.82, 2.24) is 9.96 Å². The van der Waals surface area contributed by atoms with Gasteiger partial charge in [0.05, 0.1) is 6.26 Å². The van der Waals surface area contributed by atoms with E-state index in [1.807, 2.05) is 6.07 Å². The highest BCUT2D eigenvalue weighted by Crippen LogP contribution is 2.33. The van der Waals surface area contributed by atoms with Gasteiger partial charge in [0.1, 0.15) is 18.5 Å². The van der Waals surface area contributed by atoms with Crippen LogP contribution in [0.15, 0.2) is 51.6 Å². The maximum atomic E-state index is 12.6. The van der Waals surface area contributed by atoms with Gasteiger partial charge in [-0.05, 0) is 29.8 Å². The molecule has 2 heterocycles. The van der Waals surface area contributed by atoms with Crippen molar-refractivity contribution in [3.05, 3.63) is 58.5 Å². The van der Waals surface area contributed by atoms with Gasteiger partial charge in [0, 0.05) is 11.0 Å². The van der Waals surface area contributed by atoms with E-state index in [0.29, 0.717) is 11.8 Å². The average molecular weight is 365 g/mol. The molecule has 1 saturated heterocycles. The monoisotopic (exact) mass is 364 g/mol. The number of halogens is 1. The average Bonchev–Trinajstić information content (AvgIpc) is 3.14. The standard InChI is InChI=1S/C15H13BrN2O4/c16-11-4-1-3-10(7-11)14-17(8-12(9-19)18(14)21)15(20)13-5-2-6-22-13/h1-7,9,12,14,21H,8H2. The Balaban J connectivity index is 1.99. The quantitative estimate of drug-likeness (QED) is 0.846. The van der Waals surface area contributed by atoms with Crippen molar-refractivity contribution in [3.8, 4) is 0 Å². The van der Waals surface area contributed by atoms with Crippen molar-refractivity contribution >= 4 is 28.1 Å². The van der Waals surface area contributed by atoms with Gasteiger partial charge in [-0.2, -0.15) is 5.06 Å². The van der Waals surface area contributed by atoms with Crippen LogP contribution in [-0.4, -0.2) is 40.0 Å². The summed E-state index contributed by atoms with van der Waals surface area (Å²) in [5.41, 5.74) is 0.695. The molecule has 1 N–H and O–H groups in total. The first-order valence-electron chi connectivity index (χ1n) is 6.64. The minimum Gasteiger partial charge on any atom is -0.459 e. The van der Waals surface area contributed by atoms with Crippen molar-refractivity contribution < 1.29 is 19.2 Å². The van der Waals surface area contributed by atoms with Crippen molar-refractivity contribution in [2.75, 3.05) is 6.54 Å². The van der Waals surface area contributed by atoms with Crippen molar-refractivity contribution in [1.29, 1.82) is 0 Å². The van der Waals surface area contributed by atoms with Gasteiger partial charge in [-0.1, -0.05) is 28.1 Å². The molecule has 0 aliphatic carbocycles. The number of carbonyl (C=O) groups is 2. The van der Waals surface area contributed by atoms with Crippen molar-refractivity contribution in [2.45, 2.75) is 12.2 Å². The molecule has 1 amide bonds. The van der Waals surface area contributed by atoms with E-state index in [9.17, 15) is 14.8 Å². The zero-order valence-corrected chi connectivity index (χ0v) is 13.0. The molecule has 2 unspecified atom stereocenters. The largest absolute Gasteiger partial charge is 0.459 e. The first-order chi connectivity index (χ1) is 10.6. The zero-order chi connectivity index (χ0) is 15.7. The van der Waals surface area contributed by atoms with Crippen LogP contribution in [0.3, 0.4) is 0 Å². The van der Waals surface area contributed by atoms with Crippen LogP contribution in [-0.2, 0) is 4.79 Å². The lowest BCUT2D eigenvalue weighted by atomic mass is 10.1. The zero-order valence-electron chi connectivity index (χ0n) is 11.4. The van der Waals surface area contributed by atoms with Gasteiger partial charge >= 0.3 is 0 Å². The Labute approximate surface area is 135 Å². The van der Waals surface area contributed by atoms with E-state index in [1.54, 1.807) is 30.3 Å². The third kappa shape index (κ3) is 2.58. The van der Waals surface area contributed by atoms with Gasteiger partial charge in [0.2, 0.25) is 0 Å². The molecule has 0 radical (unpaired) electrons. The SMILES string of the molecule is O=CC1CN(C(=O)c2ccco2)C(c2cccc(Br)c2)N1O. The Kier molecular flexibility index (Phi) is 4.10. The minimum absolute atomic E-state index is 0.0940. The molecule has 114 valence electrons. The summed E-state index contributed by atoms with van der Waals surface area (Å²) in [4.78, 5) is 25.1. The molecule has 1 aliphatic heterocycles. The molecule has 1 aromatic carbocycles. The molecule has 1 aliphatic rings. The van der Waals surface area contributed by atoms with Gasteiger partial charge in [-0.25, -0.2) is 0 Å². The number of amides is 1. The highest BCUT2D eigenvalue weighted by atomic mass is 79.9. The highest BCUT2D eigenvalue weighted by Gasteiger charge is 2.43. The lowest BCUT2D eigenvalue weighted by Crippen LogP contribution is -2.34. The molecular formula is C15H13BrN2O4. The maximum absolute atomic E-state index is 12.6. The Bertz CT molecular complexity index is 689. The second-order valence-electron chi connectivity index (χ2n) is 4.95. The Morgan fingerprint density at radius 2 is 2.18 bits per heavy atom. The van der Waals surface area contributed by atoms with Crippen LogP contribution >= 0.6 is 15.9 Å². The molecule has 22 heavy (non-hydrogen) atoms. The van der Waals surface area contributed by atoms with E-state index in [4.69, 9.17) is 4.42 Å². The molecule has 2 aromatic rings. The second-order valence-corrected chi connectivity index (χ2v) is 5.86. The first kappa shape index (κ1) is 15.0. The van der Waals surface area contributed by atoms with Crippen LogP contribution in [0.4, 0.5) is 0 Å². The summed E-state index contributed by atoms with van der Waals surface area (Å²) in [6, 6.07) is 9.62. The second kappa shape index (κ2) is 6.04. The number of hydroxylamine groups is 2. The van der Waals surface area contributed by atoms with E-state index in [1.165, 1.54) is 11.2 Å². The fraction of sp³-hybridized carbons (Fsp3) is 0.200. The number of rotatable bonds is 3. The summed E-state index contributed by atoms with van der Waals surface area (Å²) >= 11 is 3.37. The number of hydrogen-bond donors (Lipinski definition) is 1. The fourth-order valence-electron chi connectivity index (χ4n) is 2.55. The van der Waals surface area contributed by atoms with E-state index in [2.05, 4.69) is 15.9 Å². The summed E-state index contributed by atoms with van der Waals surface area (Å²) in [5.74, 6) is -0.210. The number of carbonyl (C=O) groups excluding carboxylic acids is 2. The van der Waals surface area contributed by atoms with E-state index < -0.39 is 12.2 Å². The molecule has 7 heteroatoms. The van der Waals surface area contributed by atoms with Crippen LogP contribution in [0.2, 0.25) is 0 Å². The van der Waals surface area contributed by atoms with Crippen molar-refractivity contribution in [3.63, 3.8) is 0 Å². The van der Waals surface area contributed by atoms with Crippen LogP contribution in [0.25, 0.3) is 0 Å². The highest BCUT2D eigenvalue weighted by molar-refractivity contribution is 9.10. The normalized spacial score (nSPS) is 22.0. The van der Waals surface area contributed by atoms with Crippen LogP contribution in [0.1, 0.15) is 22.3 Å². The van der Waals surface area contributed by atoms with Gasteiger partial charge < -0.3 is 19.3 Å². The predicted molar refractivity (Wildman–Crippen MR) is 80.1 cm³/mol. The fourth-order valence-corrected chi connectivity index (χ4v) is 2.97. The first-order valence-corrected chi connectivity index (χ1v) is 7.43. The predicted octanol–water partition coefficient (Wildman–Crippen LogP) is 2.46. The summed E-state index contributed by atoms with van der Waals surface area (Å²) in [5, 5.41) is 11.2. The Hall–Kier alpha value is -1.96. The van der Waals surface area contributed by atoms with Crippen LogP contribution in [0, 0.1) is 0 Å². The third-order valence-corrected chi connectivity index (χ3v) is 4.06. The topological polar surface area (TPSA) is 74.0 Å². The number of nitrogens with zero attached hydrogens (tertiary/aromatic N) is 2. The van der Waals surface area contributed by atoms with Crippen LogP contribution < -0.4 is 0 Å². The molecule has 6 nitrogen and oxygen atoms in total. The molecular weight excluding hydrogens is 352 g/mol. The Morgan fingerprint density at radius 1 is 1.36 bits per heavy atom. The van der Waals surface area contributed by atoms with E-state index >= 15 is 0 Å². The number of benzene rings is 1. The molecule has 0 bridgehead atoms. The lowest BCUT2D eigenvalue weighted by molar-refractivity contribution is -0.154. The molecule has 0 saturated carbocycles. The summed E-state index contributed by atoms with van der Waals surface area (Å²) in [7, 11) is 0. The molecule has 0 spiro atoms. The Morgan fingerprint density at radius 3 is 2.82 bits per heavy atom. The number of aldehydes is 1. The van der Waals surface area contributed by atoms with Crippen molar-refractivity contribution in [2.24, 2.45) is 0 Å². The van der Waals surface area contributed by atoms with E-state index in [-0.39, 0.29) is 18.2 Å². The maximum Gasteiger partial charge on any atom is 0.291 e.